The minimum Gasteiger partial charge on any atom is -0.350 e. The Labute approximate surface area is 249 Å². The number of rotatable bonds is 6. The van der Waals surface area contributed by atoms with Crippen LogP contribution in [-0.2, 0) is 21.5 Å². The predicted molar refractivity (Wildman–Crippen MR) is 163 cm³/mol. The fraction of sp³-hybridized carbons (Fsp3) is 0.303. The first-order valence-electron chi connectivity index (χ1n) is 13.8. The molecule has 2 heterocycles. The van der Waals surface area contributed by atoms with Crippen LogP contribution in [0.1, 0.15) is 59.5 Å². The van der Waals surface area contributed by atoms with E-state index in [-0.39, 0.29) is 47.5 Å². The molecule has 3 aromatic carbocycles. The number of anilines is 1. The highest BCUT2D eigenvalue weighted by atomic mass is 32.2. The van der Waals surface area contributed by atoms with Gasteiger partial charge in [-0.1, -0.05) is 62.7 Å². The van der Waals surface area contributed by atoms with Gasteiger partial charge < -0.3 is 5.32 Å². The van der Waals surface area contributed by atoms with Crippen molar-refractivity contribution in [3.8, 4) is 5.69 Å². The second-order valence-corrected chi connectivity index (χ2v) is 12.8. The molecule has 5 rings (SSSR count). The van der Waals surface area contributed by atoms with Crippen LogP contribution in [0.4, 0.5) is 14.6 Å². The number of nitrogens with one attached hydrogen (secondary N) is 1. The van der Waals surface area contributed by atoms with Crippen molar-refractivity contribution in [1.82, 2.24) is 15.1 Å². The number of fused-ring (bicyclic) bond motifs is 1. The van der Waals surface area contributed by atoms with Gasteiger partial charge >= 0.3 is 0 Å². The molecule has 2 amide bonds. The molecule has 4 aromatic rings. The van der Waals surface area contributed by atoms with E-state index in [4.69, 9.17) is 5.10 Å². The van der Waals surface area contributed by atoms with Crippen molar-refractivity contribution in [2.45, 2.75) is 51.8 Å². The SMILES string of the molecule is Cc1ccc(-n2nc(C(C)(C)C)c3c2N(CC(=O)NCc2ccc(F)cc2)C(=O)CS[C@@H]3c2cccc(F)c2)c(C)c1. The van der Waals surface area contributed by atoms with Crippen LogP contribution in [0.5, 0.6) is 0 Å². The highest BCUT2D eigenvalue weighted by molar-refractivity contribution is 8.00. The normalized spacial score (nSPS) is 15.4. The third-order valence-electron chi connectivity index (χ3n) is 7.24. The summed E-state index contributed by atoms with van der Waals surface area (Å²) in [5, 5.41) is 7.58. The molecule has 0 radical (unpaired) electrons. The van der Waals surface area contributed by atoms with Gasteiger partial charge in [0.15, 0.2) is 0 Å². The van der Waals surface area contributed by atoms with E-state index in [2.05, 4.69) is 32.2 Å². The molecule has 0 saturated carbocycles. The number of carbonyl (C=O) groups excluding carboxylic acids is 2. The third kappa shape index (κ3) is 6.11. The molecule has 0 unspecified atom stereocenters. The van der Waals surface area contributed by atoms with Gasteiger partial charge in [0.05, 0.1) is 22.4 Å². The highest BCUT2D eigenvalue weighted by Gasteiger charge is 2.40. The number of halogens is 2. The Bertz CT molecular complexity index is 1640. The lowest BCUT2D eigenvalue weighted by Crippen LogP contribution is -2.42. The van der Waals surface area contributed by atoms with E-state index in [0.717, 1.165) is 39.2 Å². The molecule has 1 N–H and O–H groups in total. The van der Waals surface area contributed by atoms with Crippen molar-refractivity contribution in [2.75, 3.05) is 17.2 Å². The molecule has 9 heteroatoms. The van der Waals surface area contributed by atoms with Crippen LogP contribution in [0.25, 0.3) is 5.69 Å². The Morgan fingerprint density at radius 3 is 2.43 bits per heavy atom. The number of nitrogens with zero attached hydrogens (tertiary/aromatic N) is 3. The molecule has 1 aliphatic rings. The number of aromatic nitrogens is 2. The number of hydrogen-bond acceptors (Lipinski definition) is 4. The lowest BCUT2D eigenvalue weighted by molar-refractivity contribution is -0.123. The van der Waals surface area contributed by atoms with Crippen LogP contribution >= 0.6 is 11.8 Å². The van der Waals surface area contributed by atoms with Gasteiger partial charge in [0, 0.05) is 17.5 Å². The molecule has 0 spiro atoms. The van der Waals surface area contributed by atoms with E-state index in [1.54, 1.807) is 22.9 Å². The van der Waals surface area contributed by atoms with Crippen molar-refractivity contribution < 1.29 is 18.4 Å². The van der Waals surface area contributed by atoms with E-state index in [9.17, 15) is 18.4 Å². The third-order valence-corrected chi connectivity index (χ3v) is 8.49. The quantitative estimate of drug-likeness (QED) is 0.277. The zero-order chi connectivity index (χ0) is 30.2. The van der Waals surface area contributed by atoms with E-state index < -0.39 is 5.41 Å². The van der Waals surface area contributed by atoms with Gasteiger partial charge in [0.2, 0.25) is 11.8 Å². The fourth-order valence-electron chi connectivity index (χ4n) is 5.22. The van der Waals surface area contributed by atoms with Gasteiger partial charge in [-0.15, -0.1) is 11.8 Å². The molecule has 6 nitrogen and oxygen atoms in total. The van der Waals surface area contributed by atoms with Gasteiger partial charge in [0.25, 0.3) is 0 Å². The molecule has 0 saturated heterocycles. The first kappa shape index (κ1) is 29.5. The standard InChI is InChI=1S/C33H34F2N4O2S/c1-20-9-14-26(21(2)15-20)39-32-29(31(37-39)33(3,4)5)30(23-7-6-8-25(35)16-23)42-19-28(41)38(32)18-27(40)36-17-22-10-12-24(34)13-11-22/h6-16,30H,17-19H2,1-5H3,(H,36,40)/t30-/m1/s1. The lowest BCUT2D eigenvalue weighted by Gasteiger charge is -2.25. The van der Waals surface area contributed by atoms with Gasteiger partial charge in [-0.05, 0) is 60.9 Å². The lowest BCUT2D eigenvalue weighted by atomic mass is 9.87. The summed E-state index contributed by atoms with van der Waals surface area (Å²) < 4.78 is 29.6. The summed E-state index contributed by atoms with van der Waals surface area (Å²) in [5.41, 5.74) is 5.44. The van der Waals surface area contributed by atoms with E-state index in [1.165, 1.54) is 40.9 Å². The van der Waals surface area contributed by atoms with Crippen molar-refractivity contribution in [3.05, 3.63) is 112 Å². The first-order chi connectivity index (χ1) is 19.9. The smallest absolute Gasteiger partial charge is 0.240 e. The minimum absolute atomic E-state index is 0.0948. The molecule has 1 atom stereocenters. The van der Waals surface area contributed by atoms with Crippen LogP contribution < -0.4 is 10.2 Å². The molecule has 0 fully saturated rings. The molecule has 218 valence electrons. The largest absolute Gasteiger partial charge is 0.350 e. The topological polar surface area (TPSA) is 67.2 Å². The van der Waals surface area contributed by atoms with Crippen LogP contribution in [0, 0.1) is 25.5 Å². The number of aryl methyl sites for hydroxylation is 2. The number of thioether (sulfide) groups is 1. The number of amides is 2. The first-order valence-corrected chi connectivity index (χ1v) is 14.9. The summed E-state index contributed by atoms with van der Waals surface area (Å²) in [6.07, 6.45) is 0. The average Bonchev–Trinajstić information content (AvgIpc) is 3.25. The molecule has 0 aliphatic carbocycles. The molecular formula is C33H34F2N4O2S. The van der Waals surface area contributed by atoms with E-state index >= 15 is 0 Å². The Balaban J connectivity index is 1.66. The second kappa shape index (κ2) is 11.7. The van der Waals surface area contributed by atoms with Gasteiger partial charge in [-0.2, -0.15) is 5.10 Å². The van der Waals surface area contributed by atoms with Crippen molar-refractivity contribution in [1.29, 1.82) is 0 Å². The zero-order valence-corrected chi connectivity index (χ0v) is 25.2. The number of carbonyl (C=O) groups is 2. The Morgan fingerprint density at radius 2 is 1.76 bits per heavy atom. The van der Waals surface area contributed by atoms with Crippen LogP contribution in [0.3, 0.4) is 0 Å². The van der Waals surface area contributed by atoms with Crippen LogP contribution in [-0.4, -0.2) is 33.9 Å². The highest BCUT2D eigenvalue weighted by Crippen LogP contribution is 2.48. The van der Waals surface area contributed by atoms with Crippen molar-refractivity contribution in [3.63, 3.8) is 0 Å². The second-order valence-electron chi connectivity index (χ2n) is 11.7. The number of hydrogen-bond donors (Lipinski definition) is 1. The molecule has 1 aliphatic heterocycles. The van der Waals surface area contributed by atoms with Crippen LogP contribution in [0.2, 0.25) is 0 Å². The van der Waals surface area contributed by atoms with Crippen molar-refractivity contribution >= 4 is 29.4 Å². The monoisotopic (exact) mass is 588 g/mol. The van der Waals surface area contributed by atoms with E-state index in [1.807, 2.05) is 32.0 Å². The number of benzene rings is 3. The molecule has 0 bridgehead atoms. The van der Waals surface area contributed by atoms with E-state index in [0.29, 0.717) is 5.82 Å². The van der Waals surface area contributed by atoms with Gasteiger partial charge in [-0.3, -0.25) is 14.5 Å². The van der Waals surface area contributed by atoms with Gasteiger partial charge in [-0.25, -0.2) is 13.5 Å². The maximum absolute atomic E-state index is 14.5. The summed E-state index contributed by atoms with van der Waals surface area (Å²) in [7, 11) is 0. The van der Waals surface area contributed by atoms with Crippen LogP contribution in [0.15, 0.2) is 66.7 Å². The summed E-state index contributed by atoms with van der Waals surface area (Å²) in [5.74, 6) is -0.721. The zero-order valence-electron chi connectivity index (χ0n) is 24.4. The summed E-state index contributed by atoms with van der Waals surface area (Å²) in [4.78, 5) is 28.6. The molecular weight excluding hydrogens is 554 g/mol. The summed E-state index contributed by atoms with van der Waals surface area (Å²) in [6, 6.07) is 18.3. The average molecular weight is 589 g/mol. The Morgan fingerprint density at radius 1 is 1.02 bits per heavy atom. The Kier molecular flexibility index (Phi) is 8.23. The molecule has 1 aromatic heterocycles. The molecule has 42 heavy (non-hydrogen) atoms. The van der Waals surface area contributed by atoms with Gasteiger partial charge in [0.1, 0.15) is 24.0 Å². The predicted octanol–water partition coefficient (Wildman–Crippen LogP) is 6.55. The summed E-state index contributed by atoms with van der Waals surface area (Å²) >= 11 is 1.41. The minimum atomic E-state index is -0.427. The summed E-state index contributed by atoms with van der Waals surface area (Å²) in [6.45, 7) is 10.1. The van der Waals surface area contributed by atoms with Crippen molar-refractivity contribution in [2.24, 2.45) is 0 Å². The Hall–Kier alpha value is -3.98. The fourth-order valence-corrected chi connectivity index (χ4v) is 6.41. The maximum atomic E-state index is 14.5. The maximum Gasteiger partial charge on any atom is 0.240 e.